The first kappa shape index (κ1) is 8.25. The van der Waals surface area contributed by atoms with Gasteiger partial charge in [-0.25, -0.2) is 0 Å². The minimum atomic E-state index is 0. The molecule has 1 fully saturated rings. The van der Waals surface area contributed by atoms with Crippen molar-refractivity contribution in [3.63, 3.8) is 0 Å². The van der Waals surface area contributed by atoms with E-state index < -0.39 is 0 Å². The first-order valence-corrected chi connectivity index (χ1v) is 6.62. The SMILES string of the molecule is C[Se+]1CCCC1.[I-]. The van der Waals surface area contributed by atoms with Gasteiger partial charge < -0.3 is 24.0 Å². The van der Waals surface area contributed by atoms with Crippen molar-refractivity contribution < 1.29 is 24.0 Å². The molecule has 0 amide bonds. The summed E-state index contributed by atoms with van der Waals surface area (Å²) < 4.78 is 0. The van der Waals surface area contributed by atoms with Crippen LogP contribution in [0.25, 0.3) is 0 Å². The summed E-state index contributed by atoms with van der Waals surface area (Å²) in [7, 11) is 0. The zero-order valence-corrected chi connectivity index (χ0v) is 8.49. The second kappa shape index (κ2) is 4.16. The summed E-state index contributed by atoms with van der Waals surface area (Å²) in [6.07, 6.45) is 3.09. The van der Waals surface area contributed by atoms with E-state index in [0.29, 0.717) is 0 Å². The van der Waals surface area contributed by atoms with E-state index in [1.54, 1.807) is 23.5 Å². The molecule has 1 heterocycles. The van der Waals surface area contributed by atoms with E-state index in [-0.39, 0.29) is 37.9 Å². The molecule has 2 heteroatoms. The van der Waals surface area contributed by atoms with Gasteiger partial charge in [0.15, 0.2) is 0 Å². The molecule has 0 bridgehead atoms. The Bertz CT molecular complexity index is 41.3. The Morgan fingerprint density at radius 1 is 1.14 bits per heavy atom. The predicted molar refractivity (Wildman–Crippen MR) is 30.5 cm³/mol. The quantitative estimate of drug-likeness (QED) is 0.390. The van der Waals surface area contributed by atoms with Gasteiger partial charge in [0.05, 0.1) is 0 Å². The van der Waals surface area contributed by atoms with Crippen molar-refractivity contribution in [2.45, 2.75) is 29.3 Å². The van der Waals surface area contributed by atoms with Crippen molar-refractivity contribution in [3.8, 4) is 0 Å². The molecule has 0 aromatic carbocycles. The normalized spacial score (nSPS) is 21.9. The van der Waals surface area contributed by atoms with Gasteiger partial charge in [0.2, 0.25) is 0 Å². The monoisotopic (exact) mass is 278 g/mol. The van der Waals surface area contributed by atoms with E-state index in [4.69, 9.17) is 0 Å². The fourth-order valence-electron chi connectivity index (χ4n) is 0.799. The molecule has 0 radical (unpaired) electrons. The van der Waals surface area contributed by atoms with E-state index in [2.05, 4.69) is 5.82 Å². The van der Waals surface area contributed by atoms with Crippen molar-refractivity contribution >= 4 is 13.9 Å². The predicted octanol–water partition coefficient (Wildman–Crippen LogP) is -1.09. The van der Waals surface area contributed by atoms with Crippen LogP contribution in [0.3, 0.4) is 0 Å². The molecule has 44 valence electrons. The third-order valence-electron chi connectivity index (χ3n) is 1.24. The van der Waals surface area contributed by atoms with Gasteiger partial charge >= 0.3 is 43.2 Å². The minimum Gasteiger partial charge on any atom is -1.00 e. The molecule has 0 aliphatic carbocycles. The maximum atomic E-state index is 2.47. The molecule has 0 N–H and O–H groups in total. The Morgan fingerprint density at radius 2 is 1.57 bits per heavy atom. The second-order valence-electron chi connectivity index (χ2n) is 1.90. The average Bonchev–Trinajstić information content (AvgIpc) is 1.86. The van der Waals surface area contributed by atoms with Gasteiger partial charge in [0.1, 0.15) is 0 Å². The van der Waals surface area contributed by atoms with E-state index in [1.165, 1.54) is 0 Å². The standard InChI is InChI=1S/C5H11Se.HI/c1-6-4-2-3-5-6;/h2-5H2,1H3;1H/q+1;/p-1. The van der Waals surface area contributed by atoms with E-state index >= 15 is 0 Å². The summed E-state index contributed by atoms with van der Waals surface area (Å²) in [6.45, 7) is 0. The molecule has 1 rings (SSSR count). The van der Waals surface area contributed by atoms with Crippen LogP contribution in [0.5, 0.6) is 0 Å². The van der Waals surface area contributed by atoms with Crippen LogP contribution in [0.2, 0.25) is 16.5 Å². The Kier molecular flexibility index (Phi) is 4.90. The van der Waals surface area contributed by atoms with Crippen LogP contribution in [0.4, 0.5) is 0 Å². The van der Waals surface area contributed by atoms with Crippen molar-refractivity contribution in [1.82, 2.24) is 0 Å². The summed E-state index contributed by atoms with van der Waals surface area (Å²) in [4.78, 5) is 0. The third-order valence-corrected chi connectivity index (χ3v) is 5.37. The van der Waals surface area contributed by atoms with Gasteiger partial charge in [-0.1, -0.05) is 0 Å². The fourth-order valence-corrected chi connectivity index (χ4v) is 4.15. The molecule has 0 unspecified atom stereocenters. The smallest absolute Gasteiger partial charge is 1.00 e. The van der Waals surface area contributed by atoms with Gasteiger partial charge in [-0.05, 0) is 0 Å². The van der Waals surface area contributed by atoms with Crippen molar-refractivity contribution in [2.75, 3.05) is 0 Å². The summed E-state index contributed by atoms with van der Waals surface area (Å²) >= 11 is 0.0602. The first-order chi connectivity index (χ1) is 2.89. The zero-order chi connectivity index (χ0) is 4.41. The molecule has 0 atom stereocenters. The van der Waals surface area contributed by atoms with Crippen LogP contribution in [-0.4, -0.2) is 13.9 Å². The van der Waals surface area contributed by atoms with Crippen LogP contribution >= 0.6 is 0 Å². The Balaban J connectivity index is 0.000000360. The van der Waals surface area contributed by atoms with Gasteiger partial charge in [0, 0.05) is 0 Å². The molecule has 0 nitrogen and oxygen atoms in total. The molecule has 0 aromatic heterocycles. The Hall–Kier alpha value is 1.25. The molecule has 1 aliphatic heterocycles. The van der Waals surface area contributed by atoms with Gasteiger partial charge in [0.25, 0.3) is 0 Å². The topological polar surface area (TPSA) is 0 Å². The molecule has 1 saturated heterocycles. The number of hydrogen-bond donors (Lipinski definition) is 0. The maximum absolute atomic E-state index is 2.47. The molecule has 0 saturated carbocycles. The van der Waals surface area contributed by atoms with Gasteiger partial charge in [-0.3, -0.25) is 0 Å². The number of hydrogen-bond acceptors (Lipinski definition) is 0. The van der Waals surface area contributed by atoms with Crippen molar-refractivity contribution in [1.29, 1.82) is 0 Å². The van der Waals surface area contributed by atoms with E-state index in [0.717, 1.165) is 0 Å². The van der Waals surface area contributed by atoms with E-state index in [9.17, 15) is 0 Å². The van der Waals surface area contributed by atoms with Crippen LogP contribution < -0.4 is 24.0 Å². The minimum absolute atomic E-state index is 0. The summed E-state index contributed by atoms with van der Waals surface area (Å²) in [5.74, 6) is 2.47. The average molecular weight is 277 g/mol. The molecular weight excluding hydrogens is 266 g/mol. The van der Waals surface area contributed by atoms with Crippen LogP contribution in [0.1, 0.15) is 12.8 Å². The second-order valence-corrected chi connectivity index (χ2v) is 6.89. The molecule has 7 heavy (non-hydrogen) atoms. The maximum Gasteiger partial charge on any atom is -1.00 e. The Labute approximate surface area is 67.0 Å². The summed E-state index contributed by atoms with van der Waals surface area (Å²) in [6, 6.07) is 0. The van der Waals surface area contributed by atoms with Crippen LogP contribution in [0, 0.1) is 0 Å². The van der Waals surface area contributed by atoms with E-state index in [1.807, 2.05) is 0 Å². The van der Waals surface area contributed by atoms with Gasteiger partial charge in [-0.2, -0.15) is 0 Å². The zero-order valence-electron chi connectivity index (χ0n) is 4.61. The van der Waals surface area contributed by atoms with Crippen LogP contribution in [0.15, 0.2) is 0 Å². The first-order valence-electron chi connectivity index (χ1n) is 2.49. The fraction of sp³-hybridized carbons (Fsp3) is 1.00. The number of halogens is 1. The van der Waals surface area contributed by atoms with Crippen molar-refractivity contribution in [2.24, 2.45) is 0 Å². The largest absolute Gasteiger partial charge is 1.00 e. The summed E-state index contributed by atoms with van der Waals surface area (Å²) in [5.41, 5.74) is 0. The van der Waals surface area contributed by atoms with Crippen LogP contribution in [-0.2, 0) is 0 Å². The van der Waals surface area contributed by atoms with Crippen molar-refractivity contribution in [3.05, 3.63) is 0 Å². The molecule has 1 aliphatic rings. The molecule has 0 spiro atoms. The van der Waals surface area contributed by atoms with Gasteiger partial charge in [-0.15, -0.1) is 0 Å². The summed E-state index contributed by atoms with van der Waals surface area (Å²) in [5, 5.41) is 3.22. The number of rotatable bonds is 0. The Morgan fingerprint density at radius 3 is 1.71 bits per heavy atom. The molecular formula is C5H11ISe. The third kappa shape index (κ3) is 2.94. The molecule has 0 aromatic rings.